The molecule has 0 radical (unpaired) electrons. The van der Waals surface area contributed by atoms with Crippen LogP contribution in [0.25, 0.3) is 11.1 Å². The summed E-state index contributed by atoms with van der Waals surface area (Å²) in [4.78, 5) is 0. The van der Waals surface area contributed by atoms with Crippen LogP contribution in [0.3, 0.4) is 0 Å². The van der Waals surface area contributed by atoms with Gasteiger partial charge >= 0.3 is 0 Å². The van der Waals surface area contributed by atoms with Crippen molar-refractivity contribution in [1.29, 1.82) is 0 Å². The van der Waals surface area contributed by atoms with Crippen LogP contribution >= 0.6 is 0 Å². The van der Waals surface area contributed by atoms with Crippen molar-refractivity contribution < 1.29 is 0 Å². The molecule has 25 heavy (non-hydrogen) atoms. The maximum absolute atomic E-state index is 2.46. The predicted octanol–water partition coefficient (Wildman–Crippen LogP) is 7.56. The monoisotopic (exact) mass is 336 g/mol. The molecule has 0 aromatic heterocycles. The lowest BCUT2D eigenvalue weighted by atomic mass is 9.71. The van der Waals surface area contributed by atoms with E-state index < -0.39 is 0 Å². The van der Waals surface area contributed by atoms with Crippen molar-refractivity contribution in [3.63, 3.8) is 0 Å². The van der Waals surface area contributed by atoms with Crippen molar-refractivity contribution in [1.82, 2.24) is 0 Å². The lowest BCUT2D eigenvalue weighted by Gasteiger charge is -2.33. The third kappa shape index (κ3) is 4.17. The first-order valence-electron chi connectivity index (χ1n) is 10.0. The van der Waals surface area contributed by atoms with Crippen LogP contribution in [0.2, 0.25) is 0 Å². The summed E-state index contributed by atoms with van der Waals surface area (Å²) in [5.74, 6) is 0.869. The van der Waals surface area contributed by atoms with E-state index in [-0.39, 0.29) is 0 Å². The minimum Gasteiger partial charge on any atom is -0.0683 e. The van der Waals surface area contributed by atoms with Crippen molar-refractivity contribution in [2.24, 2.45) is 16.7 Å². The molecule has 1 saturated carbocycles. The van der Waals surface area contributed by atoms with Crippen molar-refractivity contribution >= 4 is 0 Å². The molecule has 1 aliphatic rings. The topological polar surface area (TPSA) is 0 Å². The highest BCUT2D eigenvalue weighted by Crippen LogP contribution is 2.63. The summed E-state index contributed by atoms with van der Waals surface area (Å²) >= 11 is 0. The van der Waals surface area contributed by atoms with Gasteiger partial charge < -0.3 is 0 Å². The molecule has 136 valence electrons. The van der Waals surface area contributed by atoms with Gasteiger partial charge in [0.05, 0.1) is 0 Å². The van der Waals surface area contributed by atoms with E-state index in [0.29, 0.717) is 10.8 Å². The van der Waals surface area contributed by atoms with E-state index in [2.05, 4.69) is 83.1 Å². The van der Waals surface area contributed by atoms with Crippen molar-refractivity contribution in [2.45, 2.75) is 67.7 Å². The summed E-state index contributed by atoms with van der Waals surface area (Å²) in [6.07, 6.45) is 3.65. The van der Waals surface area contributed by atoms with E-state index in [1.54, 1.807) is 0 Å². The van der Waals surface area contributed by atoms with E-state index in [4.69, 9.17) is 0 Å². The Balaban J connectivity index is 0.00000109. The first kappa shape index (κ1) is 19.8. The number of hydrogen-bond donors (Lipinski definition) is 0. The highest BCUT2D eigenvalue weighted by molar-refractivity contribution is 5.64. The fraction of sp³-hybridized carbons (Fsp3) is 0.520. The fourth-order valence-electron chi connectivity index (χ4n) is 3.98. The van der Waals surface area contributed by atoms with Gasteiger partial charge in [-0.3, -0.25) is 0 Å². The summed E-state index contributed by atoms with van der Waals surface area (Å²) in [6, 6.07) is 18.2. The molecule has 1 aliphatic carbocycles. The molecule has 0 nitrogen and oxygen atoms in total. The van der Waals surface area contributed by atoms with Crippen LogP contribution in [0, 0.1) is 16.7 Å². The molecule has 0 N–H and O–H groups in total. The normalized spacial score (nSPS) is 22.1. The smallest absolute Gasteiger partial charge is 0.0184 e. The van der Waals surface area contributed by atoms with E-state index in [0.717, 1.165) is 12.3 Å². The molecule has 3 rings (SSSR count). The van der Waals surface area contributed by atoms with E-state index >= 15 is 0 Å². The van der Waals surface area contributed by atoms with Crippen LogP contribution < -0.4 is 0 Å². The van der Waals surface area contributed by atoms with Crippen LogP contribution in [-0.4, -0.2) is 0 Å². The third-order valence-electron chi connectivity index (χ3n) is 6.50. The Morgan fingerprint density at radius 1 is 0.880 bits per heavy atom. The van der Waals surface area contributed by atoms with Gasteiger partial charge in [0, 0.05) is 0 Å². The largest absolute Gasteiger partial charge is 0.0683 e. The standard InChI is InChI=1S/C23H30.C2H6/c1-6-18-7-11-20(12-8-18)21-13-9-19(10-14-21)16-22(3,4)23(5)15-17(23)2;1-2/h7-14,17H,6,15-16H2,1-5H3;1-2H3/t17-,23-;/m0./s1. The molecular formula is C25H36. The summed E-state index contributed by atoms with van der Waals surface area (Å²) in [5, 5.41) is 0. The van der Waals surface area contributed by atoms with Crippen molar-refractivity contribution in [3.8, 4) is 11.1 Å². The van der Waals surface area contributed by atoms with Crippen molar-refractivity contribution in [3.05, 3.63) is 59.7 Å². The quantitative estimate of drug-likeness (QED) is 0.528. The second-order valence-electron chi connectivity index (χ2n) is 8.33. The maximum atomic E-state index is 2.46. The highest BCUT2D eigenvalue weighted by Gasteiger charge is 2.56. The minimum atomic E-state index is 0.372. The van der Waals surface area contributed by atoms with Crippen molar-refractivity contribution in [2.75, 3.05) is 0 Å². The second-order valence-corrected chi connectivity index (χ2v) is 8.33. The summed E-state index contributed by atoms with van der Waals surface area (Å²) in [5.41, 5.74) is 6.39. The Morgan fingerprint density at radius 2 is 1.28 bits per heavy atom. The van der Waals surface area contributed by atoms with Gasteiger partial charge in [-0.2, -0.15) is 0 Å². The average Bonchev–Trinajstić information content (AvgIpc) is 3.26. The van der Waals surface area contributed by atoms with E-state index in [1.807, 2.05) is 13.8 Å². The number of rotatable bonds is 5. The fourth-order valence-corrected chi connectivity index (χ4v) is 3.98. The maximum Gasteiger partial charge on any atom is -0.0184 e. The van der Waals surface area contributed by atoms with Gasteiger partial charge in [0.15, 0.2) is 0 Å². The zero-order valence-electron chi connectivity index (χ0n) is 17.3. The Morgan fingerprint density at radius 3 is 1.64 bits per heavy atom. The van der Waals surface area contributed by atoms with Crippen LogP contribution in [0.15, 0.2) is 48.5 Å². The molecule has 2 aromatic rings. The molecule has 1 fully saturated rings. The Labute approximate surface area is 155 Å². The molecule has 2 aromatic carbocycles. The lowest BCUT2D eigenvalue weighted by Crippen LogP contribution is -2.27. The van der Waals surface area contributed by atoms with Crippen LogP contribution in [-0.2, 0) is 12.8 Å². The molecular weight excluding hydrogens is 300 g/mol. The molecule has 0 heteroatoms. The zero-order chi connectivity index (χ0) is 18.7. The molecule has 0 saturated heterocycles. The predicted molar refractivity (Wildman–Crippen MR) is 112 cm³/mol. The molecule has 0 heterocycles. The number of hydrogen-bond acceptors (Lipinski definition) is 0. The summed E-state index contributed by atoms with van der Waals surface area (Å²) in [7, 11) is 0. The zero-order valence-corrected chi connectivity index (χ0v) is 17.3. The van der Waals surface area contributed by atoms with Gasteiger partial charge in [0.25, 0.3) is 0 Å². The van der Waals surface area contributed by atoms with Gasteiger partial charge in [-0.25, -0.2) is 0 Å². The van der Waals surface area contributed by atoms with E-state index in [9.17, 15) is 0 Å². The van der Waals surface area contributed by atoms with E-state index in [1.165, 1.54) is 35.1 Å². The first-order chi connectivity index (χ1) is 11.9. The summed E-state index contributed by atoms with van der Waals surface area (Å²) < 4.78 is 0. The van der Waals surface area contributed by atoms with Gasteiger partial charge in [0.1, 0.15) is 0 Å². The minimum absolute atomic E-state index is 0.372. The molecule has 0 spiro atoms. The highest BCUT2D eigenvalue weighted by atomic mass is 14.6. The second kappa shape index (κ2) is 7.77. The van der Waals surface area contributed by atoms with Gasteiger partial charge in [-0.05, 0) is 58.3 Å². The van der Waals surface area contributed by atoms with Crippen LogP contribution in [0.4, 0.5) is 0 Å². The molecule has 0 amide bonds. The Kier molecular flexibility index (Phi) is 6.14. The average molecular weight is 337 g/mol. The molecule has 2 atom stereocenters. The molecule has 0 aliphatic heterocycles. The first-order valence-corrected chi connectivity index (χ1v) is 10.0. The van der Waals surface area contributed by atoms with Crippen LogP contribution in [0.5, 0.6) is 0 Å². The van der Waals surface area contributed by atoms with Gasteiger partial charge in [-0.15, -0.1) is 0 Å². The SMILES string of the molecule is CC.CCc1ccc(-c2ccc(CC(C)(C)[C@@]3(C)C[C@@H]3C)cc2)cc1. The molecule has 0 unspecified atom stereocenters. The Hall–Kier alpha value is -1.56. The summed E-state index contributed by atoms with van der Waals surface area (Å²) in [6.45, 7) is 15.9. The number of aryl methyl sites for hydroxylation is 1. The third-order valence-corrected chi connectivity index (χ3v) is 6.50. The Bertz CT molecular complexity index is 660. The lowest BCUT2D eigenvalue weighted by molar-refractivity contribution is 0.188. The van der Waals surface area contributed by atoms with Gasteiger partial charge in [-0.1, -0.05) is 97.0 Å². The van der Waals surface area contributed by atoms with Crippen LogP contribution in [0.1, 0.15) is 66.0 Å². The van der Waals surface area contributed by atoms with Gasteiger partial charge in [0.2, 0.25) is 0 Å². The molecule has 0 bridgehead atoms. The number of benzene rings is 2.